The summed E-state index contributed by atoms with van der Waals surface area (Å²) in [6.45, 7) is 10.3. The van der Waals surface area contributed by atoms with Crippen molar-refractivity contribution in [3.05, 3.63) is 45.2 Å². The zero-order valence-electron chi connectivity index (χ0n) is 15.0. The van der Waals surface area contributed by atoms with E-state index in [2.05, 4.69) is 41.8 Å². The first-order chi connectivity index (χ1) is 11.3. The highest BCUT2D eigenvalue weighted by Crippen LogP contribution is 2.26. The minimum atomic E-state index is -0.155. The predicted octanol–water partition coefficient (Wildman–Crippen LogP) is 4.74. The van der Waals surface area contributed by atoms with Crippen molar-refractivity contribution in [1.29, 1.82) is 0 Å². The standard InChI is InChI=1S/C19H25BrN2O2/c1-6-15-7-8-18(17(20)10-15)24-11-19(23)22-14(5)16(9-12(2)3)13(4)21-22/h7-8,10,12H,6,9,11H2,1-5H3. The van der Waals surface area contributed by atoms with Crippen molar-refractivity contribution in [3.8, 4) is 5.75 Å². The molecule has 24 heavy (non-hydrogen) atoms. The zero-order valence-corrected chi connectivity index (χ0v) is 16.6. The van der Waals surface area contributed by atoms with E-state index in [0.29, 0.717) is 11.7 Å². The molecule has 0 aliphatic carbocycles. The van der Waals surface area contributed by atoms with Gasteiger partial charge in [0, 0.05) is 5.69 Å². The van der Waals surface area contributed by atoms with E-state index in [0.717, 1.165) is 34.3 Å². The second-order valence-electron chi connectivity index (χ2n) is 6.46. The molecular weight excluding hydrogens is 368 g/mol. The van der Waals surface area contributed by atoms with Crippen LogP contribution in [0.4, 0.5) is 0 Å². The first kappa shape index (κ1) is 18.7. The van der Waals surface area contributed by atoms with Crippen LogP contribution in [0.3, 0.4) is 0 Å². The van der Waals surface area contributed by atoms with Gasteiger partial charge in [-0.1, -0.05) is 26.8 Å². The molecule has 2 rings (SSSR count). The topological polar surface area (TPSA) is 44.1 Å². The van der Waals surface area contributed by atoms with E-state index in [1.165, 1.54) is 10.2 Å². The van der Waals surface area contributed by atoms with E-state index >= 15 is 0 Å². The lowest BCUT2D eigenvalue weighted by molar-refractivity contribution is 0.0817. The number of hydrogen-bond acceptors (Lipinski definition) is 3. The summed E-state index contributed by atoms with van der Waals surface area (Å²) in [6, 6.07) is 5.92. The van der Waals surface area contributed by atoms with Crippen molar-refractivity contribution in [3.63, 3.8) is 0 Å². The van der Waals surface area contributed by atoms with Crippen LogP contribution in [0.5, 0.6) is 5.75 Å². The molecule has 2 aromatic rings. The van der Waals surface area contributed by atoms with Crippen LogP contribution in [0.2, 0.25) is 0 Å². The number of carbonyl (C=O) groups excluding carboxylic acids is 1. The first-order valence-corrected chi connectivity index (χ1v) is 9.12. The van der Waals surface area contributed by atoms with Crippen LogP contribution in [-0.2, 0) is 12.8 Å². The number of benzene rings is 1. The SMILES string of the molecule is CCc1ccc(OCC(=O)n2nc(C)c(CC(C)C)c2C)c(Br)c1. The predicted molar refractivity (Wildman–Crippen MR) is 99.9 cm³/mol. The molecule has 1 aromatic carbocycles. The van der Waals surface area contributed by atoms with E-state index in [4.69, 9.17) is 4.74 Å². The van der Waals surface area contributed by atoms with E-state index in [-0.39, 0.29) is 12.5 Å². The van der Waals surface area contributed by atoms with E-state index in [1.54, 1.807) is 0 Å². The van der Waals surface area contributed by atoms with Crippen molar-refractivity contribution in [1.82, 2.24) is 9.78 Å². The van der Waals surface area contributed by atoms with Crippen LogP contribution in [0.15, 0.2) is 22.7 Å². The highest BCUT2D eigenvalue weighted by molar-refractivity contribution is 9.10. The van der Waals surface area contributed by atoms with Crippen LogP contribution in [0.25, 0.3) is 0 Å². The second-order valence-corrected chi connectivity index (χ2v) is 7.31. The Morgan fingerprint density at radius 3 is 2.62 bits per heavy atom. The molecule has 0 bridgehead atoms. The molecule has 0 aliphatic heterocycles. The Balaban J connectivity index is 2.10. The maximum Gasteiger partial charge on any atom is 0.284 e. The maximum absolute atomic E-state index is 12.5. The lowest BCUT2D eigenvalue weighted by Crippen LogP contribution is -2.22. The van der Waals surface area contributed by atoms with Gasteiger partial charge < -0.3 is 4.74 Å². The van der Waals surface area contributed by atoms with Crippen molar-refractivity contribution >= 4 is 21.8 Å². The largest absolute Gasteiger partial charge is 0.483 e. The van der Waals surface area contributed by atoms with Crippen molar-refractivity contribution < 1.29 is 9.53 Å². The molecule has 0 saturated carbocycles. The molecule has 0 N–H and O–H groups in total. The van der Waals surface area contributed by atoms with Gasteiger partial charge >= 0.3 is 0 Å². The number of ether oxygens (including phenoxy) is 1. The Hall–Kier alpha value is -1.62. The molecule has 130 valence electrons. The fraction of sp³-hybridized carbons (Fsp3) is 0.474. The monoisotopic (exact) mass is 392 g/mol. The molecule has 0 fully saturated rings. The van der Waals surface area contributed by atoms with Crippen molar-refractivity contribution in [2.24, 2.45) is 5.92 Å². The van der Waals surface area contributed by atoms with Crippen LogP contribution in [-0.4, -0.2) is 22.3 Å². The summed E-state index contributed by atoms with van der Waals surface area (Å²) in [5, 5.41) is 4.40. The Bertz CT molecular complexity index is 735. The molecule has 0 spiro atoms. The van der Waals surface area contributed by atoms with Crippen LogP contribution < -0.4 is 4.74 Å². The average Bonchev–Trinajstić information content (AvgIpc) is 2.81. The summed E-state index contributed by atoms with van der Waals surface area (Å²) in [6.07, 6.45) is 1.89. The van der Waals surface area contributed by atoms with Crippen molar-refractivity contribution in [2.75, 3.05) is 6.61 Å². The fourth-order valence-electron chi connectivity index (χ4n) is 2.70. The van der Waals surface area contributed by atoms with Crippen LogP contribution in [0, 0.1) is 19.8 Å². The van der Waals surface area contributed by atoms with Gasteiger partial charge in [-0.25, -0.2) is 4.68 Å². The van der Waals surface area contributed by atoms with Gasteiger partial charge in [-0.2, -0.15) is 5.10 Å². The molecular formula is C19H25BrN2O2. The first-order valence-electron chi connectivity index (χ1n) is 8.33. The van der Waals surface area contributed by atoms with Crippen LogP contribution in [0.1, 0.15) is 48.1 Å². The molecule has 0 saturated heterocycles. The third-order valence-electron chi connectivity index (χ3n) is 4.05. The summed E-state index contributed by atoms with van der Waals surface area (Å²) in [7, 11) is 0. The summed E-state index contributed by atoms with van der Waals surface area (Å²) < 4.78 is 8.02. The minimum absolute atomic E-state index is 0.0346. The Morgan fingerprint density at radius 2 is 2.04 bits per heavy atom. The number of rotatable bonds is 6. The Morgan fingerprint density at radius 1 is 1.33 bits per heavy atom. The summed E-state index contributed by atoms with van der Waals surface area (Å²) in [4.78, 5) is 12.5. The molecule has 0 amide bonds. The quantitative estimate of drug-likeness (QED) is 0.712. The second kappa shape index (κ2) is 7.97. The van der Waals surface area contributed by atoms with E-state index < -0.39 is 0 Å². The minimum Gasteiger partial charge on any atom is -0.483 e. The van der Waals surface area contributed by atoms with Gasteiger partial charge in [0.05, 0.1) is 10.2 Å². The Kier molecular flexibility index (Phi) is 6.21. The molecule has 1 heterocycles. The normalized spacial score (nSPS) is 11.1. The fourth-order valence-corrected chi connectivity index (χ4v) is 3.24. The maximum atomic E-state index is 12.5. The molecule has 5 heteroatoms. The van der Waals surface area contributed by atoms with E-state index in [9.17, 15) is 4.79 Å². The smallest absolute Gasteiger partial charge is 0.284 e. The third-order valence-corrected chi connectivity index (χ3v) is 4.67. The van der Waals surface area contributed by atoms with Gasteiger partial charge in [0.2, 0.25) is 0 Å². The number of halogens is 1. The van der Waals surface area contributed by atoms with Gasteiger partial charge in [-0.3, -0.25) is 4.79 Å². The summed E-state index contributed by atoms with van der Waals surface area (Å²) in [5.74, 6) is 1.04. The van der Waals surface area contributed by atoms with Gasteiger partial charge in [-0.05, 0) is 71.8 Å². The van der Waals surface area contributed by atoms with Crippen LogP contribution >= 0.6 is 15.9 Å². The number of hydrogen-bond donors (Lipinski definition) is 0. The lowest BCUT2D eigenvalue weighted by atomic mass is 10.0. The highest BCUT2D eigenvalue weighted by atomic mass is 79.9. The van der Waals surface area contributed by atoms with Gasteiger partial charge in [0.25, 0.3) is 5.91 Å². The average molecular weight is 393 g/mol. The number of nitrogens with zero attached hydrogens (tertiary/aromatic N) is 2. The molecule has 0 unspecified atom stereocenters. The summed E-state index contributed by atoms with van der Waals surface area (Å²) >= 11 is 3.49. The van der Waals surface area contributed by atoms with Gasteiger partial charge in [0.15, 0.2) is 6.61 Å². The Labute approximate surface area is 152 Å². The zero-order chi connectivity index (χ0) is 17.9. The third kappa shape index (κ3) is 4.26. The summed E-state index contributed by atoms with van der Waals surface area (Å²) in [5.41, 5.74) is 4.21. The molecule has 0 aliphatic rings. The number of aryl methyl sites for hydroxylation is 2. The lowest BCUT2D eigenvalue weighted by Gasteiger charge is -2.10. The number of aromatic nitrogens is 2. The van der Waals surface area contributed by atoms with E-state index in [1.807, 2.05) is 32.0 Å². The number of carbonyl (C=O) groups is 1. The molecule has 0 atom stereocenters. The highest BCUT2D eigenvalue weighted by Gasteiger charge is 2.18. The van der Waals surface area contributed by atoms with Gasteiger partial charge in [-0.15, -0.1) is 0 Å². The van der Waals surface area contributed by atoms with Crippen molar-refractivity contribution in [2.45, 2.75) is 47.5 Å². The van der Waals surface area contributed by atoms with Gasteiger partial charge in [0.1, 0.15) is 5.75 Å². The molecule has 4 nitrogen and oxygen atoms in total. The molecule has 0 radical (unpaired) electrons. The molecule has 1 aromatic heterocycles.